The highest BCUT2D eigenvalue weighted by atomic mass is 16.5. The molecule has 186 valence electrons. The number of hydrogen-bond acceptors (Lipinski definition) is 4. The van der Waals surface area contributed by atoms with Gasteiger partial charge in [0, 0.05) is 0 Å². The number of hydrogen-bond donors (Lipinski definition) is 0. The van der Waals surface area contributed by atoms with E-state index in [0.717, 1.165) is 12.8 Å². The van der Waals surface area contributed by atoms with E-state index >= 15 is 0 Å². The van der Waals surface area contributed by atoms with E-state index in [9.17, 15) is 9.59 Å². The molecule has 0 fully saturated rings. The molecule has 0 aliphatic heterocycles. The van der Waals surface area contributed by atoms with Gasteiger partial charge in [-0.3, -0.25) is 0 Å². The number of carbonyl (C=O) groups is 2. The zero-order valence-corrected chi connectivity index (χ0v) is 21.3. The summed E-state index contributed by atoms with van der Waals surface area (Å²) in [6, 6.07) is 14.2. The van der Waals surface area contributed by atoms with E-state index in [1.807, 2.05) is 31.2 Å². The van der Waals surface area contributed by atoms with Gasteiger partial charge in [0.1, 0.15) is 5.75 Å². The Morgan fingerprint density at radius 2 is 1.24 bits per heavy atom. The average Bonchev–Trinajstić information content (AvgIpc) is 2.86. The van der Waals surface area contributed by atoms with Gasteiger partial charge in [-0.05, 0) is 60.7 Å². The van der Waals surface area contributed by atoms with Crippen LogP contribution < -0.4 is 4.74 Å². The van der Waals surface area contributed by atoms with Gasteiger partial charge >= 0.3 is 11.9 Å². The van der Waals surface area contributed by atoms with Gasteiger partial charge in [0.05, 0.1) is 17.7 Å². The van der Waals surface area contributed by atoms with Crippen molar-refractivity contribution in [3.63, 3.8) is 0 Å². The molecule has 2 aromatic carbocycles. The minimum atomic E-state index is -0.401. The van der Waals surface area contributed by atoms with Crippen LogP contribution in [-0.4, -0.2) is 18.5 Å². The molecule has 34 heavy (non-hydrogen) atoms. The second kappa shape index (κ2) is 16.1. The summed E-state index contributed by atoms with van der Waals surface area (Å²) < 4.78 is 10.8. The molecule has 0 bridgehead atoms. The molecule has 0 aromatic heterocycles. The van der Waals surface area contributed by atoms with Crippen molar-refractivity contribution in [3.8, 4) is 5.75 Å². The summed E-state index contributed by atoms with van der Waals surface area (Å²) in [6.07, 6.45) is 13.9. The van der Waals surface area contributed by atoms with Crippen molar-refractivity contribution in [1.29, 1.82) is 0 Å². The molecule has 0 saturated carbocycles. The van der Waals surface area contributed by atoms with Gasteiger partial charge in [-0.25, -0.2) is 9.59 Å². The third kappa shape index (κ3) is 10.5. The standard InChI is InChI=1S/C30H42O4/c1-4-6-7-8-9-10-11-12-13-14-25-15-17-27(18-16-25)30(32)34-28-21-19-26(20-22-28)29(31)33-23-24(3)5-2/h15-22,24H,4-14,23H2,1-3H3. The normalized spacial score (nSPS) is 11.7. The fourth-order valence-corrected chi connectivity index (χ4v) is 3.69. The monoisotopic (exact) mass is 466 g/mol. The lowest BCUT2D eigenvalue weighted by molar-refractivity contribution is 0.0447. The van der Waals surface area contributed by atoms with E-state index in [0.29, 0.717) is 29.4 Å². The molecule has 0 spiro atoms. The van der Waals surface area contributed by atoms with E-state index < -0.39 is 5.97 Å². The summed E-state index contributed by atoms with van der Waals surface area (Å²) in [5.74, 6) is -0.0228. The topological polar surface area (TPSA) is 52.6 Å². The predicted molar refractivity (Wildman–Crippen MR) is 139 cm³/mol. The lowest BCUT2D eigenvalue weighted by Gasteiger charge is -2.10. The van der Waals surface area contributed by atoms with Crippen molar-refractivity contribution in [2.24, 2.45) is 5.92 Å². The highest BCUT2D eigenvalue weighted by molar-refractivity contribution is 5.92. The van der Waals surface area contributed by atoms with E-state index in [2.05, 4.69) is 13.8 Å². The molecule has 0 saturated heterocycles. The van der Waals surface area contributed by atoms with Gasteiger partial charge in [0.25, 0.3) is 0 Å². The van der Waals surface area contributed by atoms with Crippen LogP contribution in [0.5, 0.6) is 5.75 Å². The van der Waals surface area contributed by atoms with Crippen molar-refractivity contribution < 1.29 is 19.1 Å². The lowest BCUT2D eigenvalue weighted by Crippen LogP contribution is -2.12. The lowest BCUT2D eigenvalue weighted by atomic mass is 10.0. The number of unbranched alkanes of at least 4 members (excludes halogenated alkanes) is 8. The maximum Gasteiger partial charge on any atom is 0.343 e. The SMILES string of the molecule is CCCCCCCCCCCc1ccc(C(=O)Oc2ccc(C(=O)OCC(C)CC)cc2)cc1. The number of carbonyl (C=O) groups excluding carboxylic acids is 2. The highest BCUT2D eigenvalue weighted by Gasteiger charge is 2.12. The van der Waals surface area contributed by atoms with Crippen LogP contribution in [0.15, 0.2) is 48.5 Å². The Kier molecular flexibility index (Phi) is 13.1. The molecular formula is C30H42O4. The summed E-state index contributed by atoms with van der Waals surface area (Å²) in [5, 5.41) is 0. The van der Waals surface area contributed by atoms with E-state index in [1.165, 1.54) is 63.4 Å². The zero-order chi connectivity index (χ0) is 24.6. The number of aryl methyl sites for hydroxylation is 1. The molecule has 0 radical (unpaired) electrons. The van der Waals surface area contributed by atoms with Crippen LogP contribution in [0.1, 0.15) is 111 Å². The van der Waals surface area contributed by atoms with Crippen LogP contribution in [0, 0.1) is 5.92 Å². The van der Waals surface area contributed by atoms with Crippen molar-refractivity contribution in [3.05, 3.63) is 65.2 Å². The molecule has 1 unspecified atom stereocenters. The Morgan fingerprint density at radius 1 is 0.706 bits per heavy atom. The maximum atomic E-state index is 12.5. The Morgan fingerprint density at radius 3 is 1.82 bits per heavy atom. The second-order valence-corrected chi connectivity index (χ2v) is 9.30. The van der Waals surface area contributed by atoms with Crippen molar-refractivity contribution in [2.75, 3.05) is 6.61 Å². The highest BCUT2D eigenvalue weighted by Crippen LogP contribution is 2.17. The number of esters is 2. The van der Waals surface area contributed by atoms with Crippen LogP contribution >= 0.6 is 0 Å². The van der Waals surface area contributed by atoms with E-state index in [4.69, 9.17) is 9.47 Å². The average molecular weight is 467 g/mol. The van der Waals surface area contributed by atoms with Crippen LogP contribution in [0.4, 0.5) is 0 Å². The van der Waals surface area contributed by atoms with Gasteiger partial charge in [-0.1, -0.05) is 90.7 Å². The molecule has 4 nitrogen and oxygen atoms in total. The van der Waals surface area contributed by atoms with Gasteiger partial charge in [0.15, 0.2) is 0 Å². The number of ether oxygens (including phenoxy) is 2. The molecule has 0 aliphatic carbocycles. The fourth-order valence-electron chi connectivity index (χ4n) is 3.69. The molecule has 0 N–H and O–H groups in total. The van der Waals surface area contributed by atoms with Crippen LogP contribution in [0.25, 0.3) is 0 Å². The first-order chi connectivity index (χ1) is 16.5. The Bertz CT molecular complexity index is 839. The summed E-state index contributed by atoms with van der Waals surface area (Å²) in [4.78, 5) is 24.6. The van der Waals surface area contributed by atoms with Crippen LogP contribution in [-0.2, 0) is 11.2 Å². The molecule has 2 aromatic rings. The molecule has 0 aliphatic rings. The Labute approximate surface area is 206 Å². The summed E-state index contributed by atoms with van der Waals surface area (Å²) >= 11 is 0. The smallest absolute Gasteiger partial charge is 0.343 e. The van der Waals surface area contributed by atoms with Crippen molar-refractivity contribution in [2.45, 2.75) is 91.4 Å². The quantitative estimate of drug-likeness (QED) is 0.142. The molecule has 4 heteroatoms. The fraction of sp³-hybridized carbons (Fsp3) is 0.533. The maximum absolute atomic E-state index is 12.5. The molecule has 0 heterocycles. The van der Waals surface area contributed by atoms with Gasteiger partial charge < -0.3 is 9.47 Å². The summed E-state index contributed by atoms with van der Waals surface area (Å²) in [5.41, 5.74) is 2.22. The van der Waals surface area contributed by atoms with Crippen molar-refractivity contribution in [1.82, 2.24) is 0 Å². The minimum Gasteiger partial charge on any atom is -0.462 e. The van der Waals surface area contributed by atoms with Crippen LogP contribution in [0.3, 0.4) is 0 Å². The molecule has 1 atom stereocenters. The van der Waals surface area contributed by atoms with Crippen molar-refractivity contribution >= 4 is 11.9 Å². The molecule has 0 amide bonds. The number of rotatable bonds is 16. The Hall–Kier alpha value is -2.62. The first-order valence-electron chi connectivity index (χ1n) is 13.1. The van der Waals surface area contributed by atoms with Gasteiger partial charge in [-0.2, -0.15) is 0 Å². The van der Waals surface area contributed by atoms with Gasteiger partial charge in [-0.15, -0.1) is 0 Å². The third-order valence-corrected chi connectivity index (χ3v) is 6.26. The molecule has 2 rings (SSSR count). The first kappa shape index (κ1) is 27.6. The largest absolute Gasteiger partial charge is 0.462 e. The van der Waals surface area contributed by atoms with E-state index in [1.54, 1.807) is 24.3 Å². The Balaban J connectivity index is 1.70. The third-order valence-electron chi connectivity index (χ3n) is 6.26. The second-order valence-electron chi connectivity index (χ2n) is 9.30. The molecular weight excluding hydrogens is 424 g/mol. The zero-order valence-electron chi connectivity index (χ0n) is 21.3. The van der Waals surface area contributed by atoms with E-state index in [-0.39, 0.29) is 5.97 Å². The number of benzene rings is 2. The first-order valence-corrected chi connectivity index (χ1v) is 13.1. The summed E-state index contributed by atoms with van der Waals surface area (Å²) in [7, 11) is 0. The summed E-state index contributed by atoms with van der Waals surface area (Å²) in [6.45, 7) is 6.76. The van der Waals surface area contributed by atoms with Crippen LogP contribution in [0.2, 0.25) is 0 Å². The predicted octanol–water partition coefficient (Wildman–Crippen LogP) is 8.18. The minimum absolute atomic E-state index is 0.334. The van der Waals surface area contributed by atoms with Gasteiger partial charge in [0.2, 0.25) is 0 Å².